The zero-order valence-electron chi connectivity index (χ0n) is 17.3. The van der Waals surface area contributed by atoms with Crippen molar-refractivity contribution in [3.05, 3.63) is 28.6 Å². The lowest BCUT2D eigenvalue weighted by molar-refractivity contribution is 0.113. The number of ether oxygens (including phenoxy) is 1. The minimum atomic E-state index is 0. The molecule has 0 amide bonds. The fourth-order valence-electron chi connectivity index (χ4n) is 3.16. The van der Waals surface area contributed by atoms with Gasteiger partial charge in [0.05, 0.1) is 24.9 Å². The third-order valence-electron chi connectivity index (χ3n) is 5.17. The Labute approximate surface area is 183 Å². The minimum absolute atomic E-state index is 0. The molecule has 0 aromatic carbocycles. The molecule has 9 nitrogen and oxygen atoms in total. The fourth-order valence-corrected chi connectivity index (χ4v) is 3.16. The van der Waals surface area contributed by atoms with E-state index in [4.69, 9.17) is 9.73 Å². The van der Waals surface area contributed by atoms with Gasteiger partial charge in [0.25, 0.3) is 0 Å². The van der Waals surface area contributed by atoms with Crippen LogP contribution in [0.1, 0.15) is 41.4 Å². The van der Waals surface area contributed by atoms with Gasteiger partial charge in [-0.3, -0.25) is 4.68 Å². The predicted octanol–water partition coefficient (Wildman–Crippen LogP) is 1.51. The third-order valence-corrected chi connectivity index (χ3v) is 5.17. The number of guanidine groups is 1. The van der Waals surface area contributed by atoms with Crippen molar-refractivity contribution in [1.29, 1.82) is 0 Å². The van der Waals surface area contributed by atoms with Crippen molar-refractivity contribution in [2.75, 3.05) is 13.2 Å². The molecule has 2 aromatic rings. The Morgan fingerprint density at radius 2 is 2.00 bits per heavy atom. The van der Waals surface area contributed by atoms with Crippen LogP contribution in [0, 0.1) is 20.8 Å². The summed E-state index contributed by atoms with van der Waals surface area (Å²) < 4.78 is 9.58. The number of hydrogen-bond acceptors (Lipinski definition) is 5. The van der Waals surface area contributed by atoms with Gasteiger partial charge in [0.2, 0.25) is 0 Å². The maximum Gasteiger partial charge on any atom is 0.192 e. The van der Waals surface area contributed by atoms with Gasteiger partial charge in [0.1, 0.15) is 5.82 Å². The first-order valence-corrected chi connectivity index (χ1v) is 9.43. The lowest BCUT2D eigenvalue weighted by atomic mass is 10.2. The van der Waals surface area contributed by atoms with Gasteiger partial charge in [-0.25, -0.2) is 4.99 Å². The topological polar surface area (TPSA) is 94.2 Å². The van der Waals surface area contributed by atoms with E-state index in [1.54, 1.807) is 0 Å². The van der Waals surface area contributed by atoms with Crippen LogP contribution in [0.5, 0.6) is 0 Å². The van der Waals surface area contributed by atoms with Crippen LogP contribution in [0.4, 0.5) is 0 Å². The summed E-state index contributed by atoms with van der Waals surface area (Å²) in [6.07, 6.45) is 2.46. The zero-order valence-corrected chi connectivity index (χ0v) is 19.7. The molecule has 1 aliphatic rings. The summed E-state index contributed by atoms with van der Waals surface area (Å²) in [5.74, 6) is 2.50. The number of nitrogens with one attached hydrogen (secondary N) is 2. The van der Waals surface area contributed by atoms with Gasteiger partial charge in [0.15, 0.2) is 11.8 Å². The number of aromatic nitrogens is 5. The van der Waals surface area contributed by atoms with Gasteiger partial charge in [-0.15, -0.1) is 34.2 Å². The van der Waals surface area contributed by atoms with Crippen molar-refractivity contribution < 1.29 is 4.74 Å². The van der Waals surface area contributed by atoms with Crippen LogP contribution in [0.2, 0.25) is 0 Å². The highest BCUT2D eigenvalue weighted by molar-refractivity contribution is 14.0. The van der Waals surface area contributed by atoms with E-state index in [1.165, 1.54) is 0 Å². The molecule has 1 atom stereocenters. The monoisotopic (exact) mass is 502 g/mol. The molecule has 28 heavy (non-hydrogen) atoms. The molecular weight excluding hydrogens is 471 g/mol. The molecule has 0 bridgehead atoms. The van der Waals surface area contributed by atoms with Crippen LogP contribution in [0.15, 0.2) is 4.99 Å². The van der Waals surface area contributed by atoms with E-state index < -0.39 is 0 Å². The average Bonchev–Trinajstić information content (AvgIpc) is 3.33. The smallest absolute Gasteiger partial charge is 0.192 e. The molecule has 0 spiro atoms. The first-order valence-electron chi connectivity index (χ1n) is 9.43. The maximum atomic E-state index is 5.71. The molecular formula is C18H31IN8O. The highest BCUT2D eigenvalue weighted by atomic mass is 127. The summed E-state index contributed by atoms with van der Waals surface area (Å²) in [6.45, 7) is 8.75. The van der Waals surface area contributed by atoms with Gasteiger partial charge in [0, 0.05) is 38.5 Å². The summed E-state index contributed by atoms with van der Waals surface area (Å²) in [6, 6.07) is 0. The van der Waals surface area contributed by atoms with Gasteiger partial charge in [-0.2, -0.15) is 5.10 Å². The summed E-state index contributed by atoms with van der Waals surface area (Å²) >= 11 is 0. The van der Waals surface area contributed by atoms with E-state index in [0.29, 0.717) is 13.1 Å². The van der Waals surface area contributed by atoms with Gasteiger partial charge in [-0.1, -0.05) is 0 Å². The second-order valence-electron chi connectivity index (χ2n) is 7.03. The Bertz CT molecular complexity index is 807. The average molecular weight is 502 g/mol. The van der Waals surface area contributed by atoms with Crippen molar-refractivity contribution in [2.45, 2.75) is 52.8 Å². The number of aliphatic imine (C=N–C) groups is 1. The van der Waals surface area contributed by atoms with Crippen LogP contribution in [-0.4, -0.2) is 49.8 Å². The number of rotatable bonds is 6. The largest absolute Gasteiger partial charge is 0.376 e. The second-order valence-corrected chi connectivity index (χ2v) is 7.03. The Morgan fingerprint density at radius 3 is 2.57 bits per heavy atom. The molecule has 2 N–H and O–H groups in total. The zero-order chi connectivity index (χ0) is 19.4. The lowest BCUT2D eigenvalue weighted by Crippen LogP contribution is -2.41. The SMILES string of the molecule is Cc1nn(C)c(C)c1CN=C(NCc1nnc(C)n1C)NCC1CCCO1.I. The minimum Gasteiger partial charge on any atom is -0.376 e. The highest BCUT2D eigenvalue weighted by Gasteiger charge is 2.16. The van der Waals surface area contributed by atoms with Gasteiger partial charge in [-0.05, 0) is 33.6 Å². The van der Waals surface area contributed by atoms with Crippen LogP contribution in [0.25, 0.3) is 0 Å². The summed E-state index contributed by atoms with van der Waals surface area (Å²) in [5, 5.41) is 19.5. The van der Waals surface area contributed by atoms with Gasteiger partial charge < -0.3 is 19.9 Å². The summed E-state index contributed by atoms with van der Waals surface area (Å²) in [4.78, 5) is 4.77. The molecule has 3 rings (SSSR count). The first-order chi connectivity index (χ1) is 13.0. The molecule has 0 radical (unpaired) electrons. The predicted molar refractivity (Wildman–Crippen MR) is 119 cm³/mol. The molecule has 1 unspecified atom stereocenters. The molecule has 156 valence electrons. The van der Waals surface area contributed by atoms with E-state index in [-0.39, 0.29) is 30.1 Å². The Balaban J connectivity index is 0.00000280. The number of aryl methyl sites for hydroxylation is 3. The van der Waals surface area contributed by atoms with Crippen LogP contribution in [0.3, 0.4) is 0 Å². The molecule has 1 saturated heterocycles. The van der Waals surface area contributed by atoms with E-state index >= 15 is 0 Å². The quantitative estimate of drug-likeness (QED) is 0.354. The Hall–Kier alpha value is -1.69. The third kappa shape index (κ3) is 5.43. The second kappa shape index (κ2) is 10.2. The molecule has 1 fully saturated rings. The van der Waals surface area contributed by atoms with Crippen molar-refractivity contribution >= 4 is 29.9 Å². The standard InChI is InChI=1S/C18H30N8O.HI/c1-12-16(13(2)26(5)24-12)10-20-18(19-9-15-7-6-8-27-15)21-11-17-23-22-14(3)25(17)4;/h15H,6-11H2,1-5H3,(H2,19,20,21);1H. The summed E-state index contributed by atoms with van der Waals surface area (Å²) in [5.41, 5.74) is 3.31. The van der Waals surface area contributed by atoms with Gasteiger partial charge >= 0.3 is 0 Å². The molecule has 2 aromatic heterocycles. The number of halogens is 1. The lowest BCUT2D eigenvalue weighted by Gasteiger charge is -2.15. The van der Waals surface area contributed by atoms with E-state index in [1.807, 2.05) is 37.2 Å². The molecule has 1 aliphatic heterocycles. The summed E-state index contributed by atoms with van der Waals surface area (Å²) in [7, 11) is 3.92. The number of nitrogens with zero attached hydrogens (tertiary/aromatic N) is 6. The van der Waals surface area contributed by atoms with E-state index in [2.05, 4.69) is 32.9 Å². The van der Waals surface area contributed by atoms with Crippen LogP contribution >= 0.6 is 24.0 Å². The molecule has 3 heterocycles. The van der Waals surface area contributed by atoms with Crippen molar-refractivity contribution in [1.82, 2.24) is 35.2 Å². The number of hydrogen-bond donors (Lipinski definition) is 2. The fraction of sp³-hybridized carbons (Fsp3) is 0.667. The van der Waals surface area contributed by atoms with Crippen LogP contribution in [-0.2, 0) is 31.9 Å². The normalized spacial score (nSPS) is 16.9. The van der Waals surface area contributed by atoms with Crippen molar-refractivity contribution in [3.8, 4) is 0 Å². The maximum absolute atomic E-state index is 5.71. The Kier molecular flexibility index (Phi) is 8.23. The molecule has 0 saturated carbocycles. The highest BCUT2D eigenvalue weighted by Crippen LogP contribution is 2.13. The first kappa shape index (κ1) is 22.6. The molecule has 0 aliphatic carbocycles. The van der Waals surface area contributed by atoms with Crippen LogP contribution < -0.4 is 10.6 Å². The van der Waals surface area contributed by atoms with Crippen molar-refractivity contribution in [2.24, 2.45) is 19.1 Å². The van der Waals surface area contributed by atoms with Crippen molar-refractivity contribution in [3.63, 3.8) is 0 Å². The molecule has 10 heteroatoms. The van der Waals surface area contributed by atoms with E-state index in [0.717, 1.165) is 60.6 Å². The Morgan fingerprint density at radius 1 is 1.21 bits per heavy atom. The van der Waals surface area contributed by atoms with E-state index in [9.17, 15) is 0 Å².